The van der Waals surface area contributed by atoms with Gasteiger partial charge >= 0.3 is 0 Å². The second-order valence-corrected chi connectivity index (χ2v) is 8.49. The molecule has 4 rings (SSSR count). The Hall–Kier alpha value is -2.49. The van der Waals surface area contributed by atoms with E-state index in [1.807, 2.05) is 0 Å². The molecule has 30 heavy (non-hydrogen) atoms. The van der Waals surface area contributed by atoms with E-state index in [9.17, 15) is 13.6 Å². The van der Waals surface area contributed by atoms with Crippen LogP contribution in [0, 0.1) is 6.92 Å². The SMILES string of the molecule is Cc1nc(C2(NC(=O)Cn3c(SC(F)F)nc4ccccc43)CCCCCC2)no1. The Bertz CT molecular complexity index is 1030. The van der Waals surface area contributed by atoms with Crippen molar-refractivity contribution < 1.29 is 18.1 Å². The first kappa shape index (κ1) is 20.8. The number of aromatic nitrogens is 4. The second kappa shape index (κ2) is 8.71. The van der Waals surface area contributed by atoms with E-state index in [2.05, 4.69) is 20.4 Å². The van der Waals surface area contributed by atoms with Crippen molar-refractivity contribution in [3.05, 3.63) is 36.0 Å². The third-order valence-corrected chi connectivity index (χ3v) is 6.11. The number of carbonyl (C=O) groups is 1. The van der Waals surface area contributed by atoms with Crippen molar-refractivity contribution in [3.8, 4) is 0 Å². The molecule has 1 aliphatic carbocycles. The van der Waals surface area contributed by atoms with Crippen LogP contribution in [-0.2, 0) is 16.9 Å². The minimum atomic E-state index is -2.63. The number of nitrogens with zero attached hydrogens (tertiary/aromatic N) is 4. The number of benzene rings is 1. The number of thioether (sulfide) groups is 1. The lowest BCUT2D eigenvalue weighted by atomic mass is 9.89. The number of hydrogen-bond acceptors (Lipinski definition) is 6. The molecular weight excluding hydrogens is 412 g/mol. The molecule has 1 N–H and O–H groups in total. The van der Waals surface area contributed by atoms with E-state index in [0.29, 0.717) is 47.4 Å². The molecule has 7 nitrogen and oxygen atoms in total. The number of nitrogens with one attached hydrogen (secondary N) is 1. The molecule has 10 heteroatoms. The van der Waals surface area contributed by atoms with Crippen LogP contribution in [0.15, 0.2) is 33.9 Å². The molecular formula is C20H23F2N5O2S. The Balaban J connectivity index is 1.63. The first-order chi connectivity index (χ1) is 14.5. The van der Waals surface area contributed by atoms with Gasteiger partial charge in [0.2, 0.25) is 11.8 Å². The summed E-state index contributed by atoms with van der Waals surface area (Å²) in [5.41, 5.74) is 0.505. The molecule has 0 spiro atoms. The topological polar surface area (TPSA) is 85.8 Å². The van der Waals surface area contributed by atoms with E-state index in [0.717, 1.165) is 25.7 Å². The third kappa shape index (κ3) is 4.33. The number of imidazole rings is 1. The van der Waals surface area contributed by atoms with E-state index in [4.69, 9.17) is 4.52 Å². The minimum Gasteiger partial charge on any atom is -0.342 e. The molecule has 0 aliphatic heterocycles. The van der Waals surface area contributed by atoms with Crippen molar-refractivity contribution >= 4 is 28.7 Å². The van der Waals surface area contributed by atoms with Gasteiger partial charge < -0.3 is 14.4 Å². The highest BCUT2D eigenvalue weighted by atomic mass is 32.2. The zero-order chi connectivity index (χ0) is 21.1. The van der Waals surface area contributed by atoms with Gasteiger partial charge in [-0.05, 0) is 36.7 Å². The van der Waals surface area contributed by atoms with Crippen LogP contribution in [0.2, 0.25) is 0 Å². The standard InChI is InChI=1S/C20H23F2N5O2S/c1-13-23-17(26-29-13)20(10-6-2-3-7-11-20)25-16(28)12-27-15-9-5-4-8-14(15)24-19(27)30-18(21)22/h4-5,8-9,18H,2-3,6-7,10-12H2,1H3,(H,25,28). The van der Waals surface area contributed by atoms with Crippen molar-refractivity contribution in [1.29, 1.82) is 0 Å². The maximum absolute atomic E-state index is 13.1. The average molecular weight is 436 g/mol. The van der Waals surface area contributed by atoms with E-state index in [1.165, 1.54) is 4.57 Å². The first-order valence-electron chi connectivity index (χ1n) is 9.99. The maximum Gasteiger partial charge on any atom is 0.291 e. The van der Waals surface area contributed by atoms with Crippen LogP contribution in [0.4, 0.5) is 8.78 Å². The predicted molar refractivity (Wildman–Crippen MR) is 108 cm³/mol. The van der Waals surface area contributed by atoms with Gasteiger partial charge in [0.1, 0.15) is 12.1 Å². The van der Waals surface area contributed by atoms with E-state index in [1.54, 1.807) is 31.2 Å². The number of para-hydroxylation sites is 2. The molecule has 0 radical (unpaired) electrons. The molecule has 1 saturated carbocycles. The van der Waals surface area contributed by atoms with Crippen molar-refractivity contribution in [2.24, 2.45) is 0 Å². The Kier molecular flexibility index (Phi) is 6.03. The molecule has 1 aromatic carbocycles. The largest absolute Gasteiger partial charge is 0.342 e. The van der Waals surface area contributed by atoms with Gasteiger partial charge in [0.05, 0.1) is 11.0 Å². The van der Waals surface area contributed by atoms with Gasteiger partial charge in [-0.1, -0.05) is 43.0 Å². The highest BCUT2D eigenvalue weighted by Gasteiger charge is 2.39. The van der Waals surface area contributed by atoms with Crippen LogP contribution >= 0.6 is 11.8 Å². The first-order valence-corrected chi connectivity index (χ1v) is 10.9. The number of fused-ring (bicyclic) bond motifs is 1. The fourth-order valence-corrected chi connectivity index (χ4v) is 4.66. The second-order valence-electron chi connectivity index (χ2n) is 7.53. The lowest BCUT2D eigenvalue weighted by Gasteiger charge is -2.31. The van der Waals surface area contributed by atoms with Crippen molar-refractivity contribution in [3.63, 3.8) is 0 Å². The molecule has 2 heterocycles. The Morgan fingerprint density at radius 1 is 1.23 bits per heavy atom. The summed E-state index contributed by atoms with van der Waals surface area (Å²) < 4.78 is 32.8. The molecule has 1 amide bonds. The zero-order valence-corrected chi connectivity index (χ0v) is 17.4. The number of hydrogen-bond donors (Lipinski definition) is 1. The van der Waals surface area contributed by atoms with Crippen molar-refractivity contribution in [1.82, 2.24) is 25.0 Å². The Morgan fingerprint density at radius 2 is 1.97 bits per heavy atom. The van der Waals surface area contributed by atoms with Gasteiger partial charge in [0.25, 0.3) is 5.76 Å². The summed E-state index contributed by atoms with van der Waals surface area (Å²) >= 11 is 0.340. The van der Waals surface area contributed by atoms with Crippen LogP contribution in [-0.4, -0.2) is 31.4 Å². The van der Waals surface area contributed by atoms with Crippen LogP contribution in [0.1, 0.15) is 50.2 Å². The smallest absolute Gasteiger partial charge is 0.291 e. The maximum atomic E-state index is 13.1. The van der Waals surface area contributed by atoms with E-state index < -0.39 is 11.3 Å². The number of carbonyl (C=O) groups excluding carboxylic acids is 1. The van der Waals surface area contributed by atoms with Gasteiger partial charge in [-0.3, -0.25) is 4.79 Å². The summed E-state index contributed by atoms with van der Waals surface area (Å²) in [4.78, 5) is 21.8. The fourth-order valence-electron chi connectivity index (χ4n) is 4.06. The zero-order valence-electron chi connectivity index (χ0n) is 16.6. The molecule has 160 valence electrons. The van der Waals surface area contributed by atoms with Crippen molar-refractivity contribution in [2.45, 2.75) is 68.4 Å². The number of halogens is 2. The van der Waals surface area contributed by atoms with Crippen LogP contribution in [0.5, 0.6) is 0 Å². The molecule has 0 unspecified atom stereocenters. The lowest BCUT2D eigenvalue weighted by molar-refractivity contribution is -0.124. The normalized spacial score (nSPS) is 16.7. The van der Waals surface area contributed by atoms with Gasteiger partial charge in [-0.2, -0.15) is 13.8 Å². The molecule has 0 atom stereocenters. The number of rotatable bonds is 6. The molecule has 1 fully saturated rings. The average Bonchev–Trinajstić information content (AvgIpc) is 3.19. The van der Waals surface area contributed by atoms with Crippen molar-refractivity contribution in [2.75, 3.05) is 0 Å². The molecule has 0 bridgehead atoms. The highest BCUT2D eigenvalue weighted by Crippen LogP contribution is 2.35. The fraction of sp³-hybridized carbons (Fsp3) is 0.500. The Labute approximate surface area is 176 Å². The van der Waals surface area contributed by atoms with E-state index >= 15 is 0 Å². The quantitative estimate of drug-likeness (QED) is 0.456. The monoisotopic (exact) mass is 435 g/mol. The minimum absolute atomic E-state index is 0.117. The van der Waals surface area contributed by atoms with Gasteiger partial charge in [0, 0.05) is 6.92 Å². The van der Waals surface area contributed by atoms with Crippen LogP contribution in [0.3, 0.4) is 0 Å². The summed E-state index contributed by atoms with van der Waals surface area (Å²) in [6, 6.07) is 7.10. The molecule has 3 aromatic rings. The summed E-state index contributed by atoms with van der Waals surface area (Å²) in [7, 11) is 0. The van der Waals surface area contributed by atoms with Gasteiger partial charge in [-0.15, -0.1) is 0 Å². The van der Waals surface area contributed by atoms with E-state index in [-0.39, 0.29) is 17.6 Å². The number of amides is 1. The summed E-state index contributed by atoms with van der Waals surface area (Å²) in [5, 5.41) is 7.32. The summed E-state index contributed by atoms with van der Waals surface area (Å²) in [6.45, 7) is 1.60. The highest BCUT2D eigenvalue weighted by molar-refractivity contribution is 7.99. The number of alkyl halides is 2. The summed E-state index contributed by atoms with van der Waals surface area (Å²) in [5.74, 6) is -2.00. The molecule has 1 aliphatic rings. The molecule has 0 saturated heterocycles. The lowest BCUT2D eigenvalue weighted by Crippen LogP contribution is -2.47. The van der Waals surface area contributed by atoms with Crippen LogP contribution < -0.4 is 5.32 Å². The molecule has 2 aromatic heterocycles. The third-order valence-electron chi connectivity index (χ3n) is 5.41. The Morgan fingerprint density at radius 3 is 2.63 bits per heavy atom. The predicted octanol–water partition coefficient (Wildman–Crippen LogP) is 4.41. The van der Waals surface area contributed by atoms with Crippen LogP contribution in [0.25, 0.3) is 11.0 Å². The van der Waals surface area contributed by atoms with Gasteiger partial charge in [0.15, 0.2) is 11.0 Å². The summed E-state index contributed by atoms with van der Waals surface area (Å²) in [6.07, 6.45) is 5.45. The van der Waals surface area contributed by atoms with Gasteiger partial charge in [-0.25, -0.2) is 4.98 Å². The number of aryl methyl sites for hydroxylation is 1.